The number of aryl methyl sites for hydroxylation is 2. The normalized spacial score (nSPS) is 11.4. The Labute approximate surface area is 119 Å². The third-order valence-corrected chi connectivity index (χ3v) is 3.37. The number of rotatable bonds is 3. The predicted molar refractivity (Wildman–Crippen MR) is 82.6 cm³/mol. The molecular weight excluding hydrogens is 248 g/mol. The van der Waals surface area contributed by atoms with Crippen molar-refractivity contribution in [1.82, 2.24) is 0 Å². The lowest BCUT2D eigenvalue weighted by Gasteiger charge is -2.08. The molecule has 1 N–H and O–H groups in total. The van der Waals surface area contributed by atoms with E-state index in [1.807, 2.05) is 24.3 Å². The Morgan fingerprint density at radius 2 is 1.70 bits per heavy atom. The largest absolute Gasteiger partial charge is 0.478 e. The van der Waals surface area contributed by atoms with Crippen molar-refractivity contribution in [2.45, 2.75) is 20.8 Å². The molecule has 0 aliphatic rings. The smallest absolute Gasteiger partial charge is 0.328 e. The highest BCUT2D eigenvalue weighted by Gasteiger charge is 2.03. The van der Waals surface area contributed by atoms with Crippen LogP contribution in [-0.2, 0) is 4.79 Å². The van der Waals surface area contributed by atoms with Gasteiger partial charge >= 0.3 is 5.97 Å². The Balaban J connectivity index is 2.35. The molecule has 0 heterocycles. The summed E-state index contributed by atoms with van der Waals surface area (Å²) in [5, 5.41) is 8.76. The topological polar surface area (TPSA) is 37.3 Å². The van der Waals surface area contributed by atoms with E-state index in [-0.39, 0.29) is 0 Å². The van der Waals surface area contributed by atoms with Gasteiger partial charge in [0.15, 0.2) is 0 Å². The van der Waals surface area contributed by atoms with Gasteiger partial charge in [0.2, 0.25) is 0 Å². The molecule has 0 saturated heterocycles. The summed E-state index contributed by atoms with van der Waals surface area (Å²) in [5.41, 5.74) is 6.54. The minimum atomic E-state index is -0.916. The lowest BCUT2D eigenvalue weighted by atomic mass is 9.96. The first kappa shape index (κ1) is 14.1. The number of aliphatic carboxylic acids is 1. The Kier molecular flexibility index (Phi) is 4.04. The molecule has 20 heavy (non-hydrogen) atoms. The van der Waals surface area contributed by atoms with E-state index in [4.69, 9.17) is 5.11 Å². The van der Waals surface area contributed by atoms with Crippen molar-refractivity contribution in [3.8, 4) is 11.1 Å². The Morgan fingerprint density at radius 1 is 1.05 bits per heavy atom. The average Bonchev–Trinajstić information content (AvgIpc) is 2.38. The van der Waals surface area contributed by atoms with Crippen molar-refractivity contribution in [2.75, 3.05) is 0 Å². The van der Waals surface area contributed by atoms with Gasteiger partial charge in [-0.25, -0.2) is 4.79 Å². The molecule has 0 amide bonds. The van der Waals surface area contributed by atoms with E-state index >= 15 is 0 Å². The van der Waals surface area contributed by atoms with Crippen molar-refractivity contribution in [3.05, 3.63) is 65.2 Å². The highest BCUT2D eigenvalue weighted by molar-refractivity contribution is 5.89. The van der Waals surface area contributed by atoms with E-state index in [0.717, 1.165) is 16.7 Å². The fourth-order valence-corrected chi connectivity index (χ4v) is 2.32. The fraction of sp³-hybridized carbons (Fsp3) is 0.167. The summed E-state index contributed by atoms with van der Waals surface area (Å²) in [6.07, 6.45) is 1.23. The molecule has 0 bridgehead atoms. The summed E-state index contributed by atoms with van der Waals surface area (Å²) >= 11 is 0. The van der Waals surface area contributed by atoms with Crippen LogP contribution in [-0.4, -0.2) is 11.1 Å². The summed E-state index contributed by atoms with van der Waals surface area (Å²) in [5.74, 6) is -0.916. The number of carboxylic acid groups (broad SMARTS) is 1. The third kappa shape index (κ3) is 3.15. The van der Waals surface area contributed by atoms with E-state index in [1.54, 1.807) is 6.92 Å². The van der Waals surface area contributed by atoms with Crippen LogP contribution in [0.5, 0.6) is 0 Å². The van der Waals surface area contributed by atoms with Crippen LogP contribution in [0.15, 0.2) is 48.5 Å². The van der Waals surface area contributed by atoms with Gasteiger partial charge in [0, 0.05) is 6.08 Å². The van der Waals surface area contributed by atoms with Crippen LogP contribution in [0.25, 0.3) is 16.7 Å². The van der Waals surface area contributed by atoms with E-state index in [0.29, 0.717) is 0 Å². The quantitative estimate of drug-likeness (QED) is 0.833. The summed E-state index contributed by atoms with van der Waals surface area (Å²) in [6.45, 7) is 5.99. The zero-order chi connectivity index (χ0) is 14.7. The Bertz CT molecular complexity index is 664. The number of carbonyl (C=O) groups is 1. The van der Waals surface area contributed by atoms with E-state index in [9.17, 15) is 4.79 Å². The van der Waals surface area contributed by atoms with Crippen LogP contribution < -0.4 is 0 Å². The maximum Gasteiger partial charge on any atom is 0.328 e. The lowest BCUT2D eigenvalue weighted by molar-refractivity contribution is -0.131. The minimum Gasteiger partial charge on any atom is -0.478 e. The summed E-state index contributed by atoms with van der Waals surface area (Å²) in [4.78, 5) is 10.7. The van der Waals surface area contributed by atoms with E-state index < -0.39 is 5.97 Å². The SMILES string of the molecule is C/C(=C\C(=O)O)c1ccc(-c2ccc(C)cc2C)cc1. The number of hydrogen-bond acceptors (Lipinski definition) is 1. The first-order valence-corrected chi connectivity index (χ1v) is 6.56. The first-order valence-electron chi connectivity index (χ1n) is 6.56. The molecule has 0 saturated carbocycles. The molecule has 0 aromatic heterocycles. The van der Waals surface area contributed by atoms with Gasteiger partial charge in [-0.1, -0.05) is 48.0 Å². The highest BCUT2D eigenvalue weighted by Crippen LogP contribution is 2.26. The standard InChI is InChI=1S/C18H18O2/c1-12-4-9-17(14(3)10-12)16-7-5-15(6-8-16)13(2)11-18(19)20/h4-11H,1-3H3,(H,19,20)/b13-11+. The molecule has 2 aromatic rings. The maximum absolute atomic E-state index is 10.7. The fourth-order valence-electron chi connectivity index (χ4n) is 2.32. The van der Waals surface area contributed by atoms with Gasteiger partial charge in [-0.3, -0.25) is 0 Å². The molecule has 102 valence electrons. The van der Waals surface area contributed by atoms with Crippen molar-refractivity contribution < 1.29 is 9.90 Å². The zero-order valence-corrected chi connectivity index (χ0v) is 12.0. The second kappa shape index (κ2) is 5.74. The number of benzene rings is 2. The van der Waals surface area contributed by atoms with Gasteiger partial charge in [0.1, 0.15) is 0 Å². The molecule has 0 radical (unpaired) electrons. The molecular formula is C18H18O2. The maximum atomic E-state index is 10.7. The van der Waals surface area contributed by atoms with E-state index in [1.165, 1.54) is 22.8 Å². The first-order chi connectivity index (χ1) is 9.47. The van der Waals surface area contributed by atoms with Crippen molar-refractivity contribution >= 4 is 11.5 Å². The molecule has 2 heteroatoms. The molecule has 2 aromatic carbocycles. The number of allylic oxidation sites excluding steroid dienone is 1. The van der Waals surface area contributed by atoms with Crippen molar-refractivity contribution in [2.24, 2.45) is 0 Å². The van der Waals surface area contributed by atoms with Crippen LogP contribution in [0.3, 0.4) is 0 Å². The van der Waals surface area contributed by atoms with Crippen LogP contribution in [0, 0.1) is 13.8 Å². The van der Waals surface area contributed by atoms with Crippen LogP contribution in [0.1, 0.15) is 23.6 Å². The molecule has 0 aliphatic heterocycles. The van der Waals surface area contributed by atoms with Crippen LogP contribution in [0.4, 0.5) is 0 Å². The molecule has 0 fully saturated rings. The molecule has 2 rings (SSSR count). The van der Waals surface area contributed by atoms with Crippen molar-refractivity contribution in [1.29, 1.82) is 0 Å². The van der Waals surface area contributed by atoms with Gasteiger partial charge < -0.3 is 5.11 Å². The predicted octanol–water partition coefficient (Wildman–Crippen LogP) is 4.46. The third-order valence-electron chi connectivity index (χ3n) is 3.37. The van der Waals surface area contributed by atoms with E-state index in [2.05, 4.69) is 32.0 Å². The highest BCUT2D eigenvalue weighted by atomic mass is 16.4. The molecule has 0 unspecified atom stereocenters. The summed E-state index contributed by atoms with van der Waals surface area (Å²) in [6, 6.07) is 14.4. The van der Waals surface area contributed by atoms with Crippen LogP contribution in [0.2, 0.25) is 0 Å². The van der Waals surface area contributed by atoms with Gasteiger partial charge in [0.05, 0.1) is 0 Å². The van der Waals surface area contributed by atoms with Gasteiger partial charge in [-0.05, 0) is 48.6 Å². The van der Waals surface area contributed by atoms with Gasteiger partial charge in [-0.2, -0.15) is 0 Å². The minimum absolute atomic E-state index is 0.754. The average molecular weight is 266 g/mol. The molecule has 0 spiro atoms. The van der Waals surface area contributed by atoms with Gasteiger partial charge in [-0.15, -0.1) is 0 Å². The second-order valence-corrected chi connectivity index (χ2v) is 5.06. The molecule has 2 nitrogen and oxygen atoms in total. The lowest BCUT2D eigenvalue weighted by Crippen LogP contribution is -1.90. The van der Waals surface area contributed by atoms with Crippen LogP contribution >= 0.6 is 0 Å². The number of carboxylic acids is 1. The Morgan fingerprint density at radius 3 is 2.25 bits per heavy atom. The van der Waals surface area contributed by atoms with Crippen molar-refractivity contribution in [3.63, 3.8) is 0 Å². The summed E-state index contributed by atoms with van der Waals surface area (Å²) < 4.78 is 0. The Hall–Kier alpha value is -2.35. The second-order valence-electron chi connectivity index (χ2n) is 5.06. The zero-order valence-electron chi connectivity index (χ0n) is 12.0. The number of hydrogen-bond donors (Lipinski definition) is 1. The molecule has 0 atom stereocenters. The summed E-state index contributed by atoms with van der Waals surface area (Å²) in [7, 11) is 0. The molecule has 0 aliphatic carbocycles. The monoisotopic (exact) mass is 266 g/mol. The van der Waals surface area contributed by atoms with Gasteiger partial charge in [0.25, 0.3) is 0 Å².